The molecule has 2 atom stereocenters. The van der Waals surface area contributed by atoms with Gasteiger partial charge < -0.3 is 24.3 Å². The standard InChI is InChI=1S/C21H18BNO5/c23-11-14-1-3-17(4-2-14)27-18-6-8-21(15(9-18)12-24)28-19-5-7-20-16(10-19)13-26-22(20)25/h1-10,16,20,24-25H,12-13H2. The summed E-state index contributed by atoms with van der Waals surface area (Å²) in [5.74, 6) is 2.36. The second-order valence-corrected chi connectivity index (χ2v) is 6.66. The molecule has 0 aromatic heterocycles. The summed E-state index contributed by atoms with van der Waals surface area (Å²) in [5, 5.41) is 28.3. The van der Waals surface area contributed by atoms with Crippen molar-refractivity contribution in [2.75, 3.05) is 6.61 Å². The van der Waals surface area contributed by atoms with E-state index in [1.54, 1.807) is 48.5 Å². The highest BCUT2D eigenvalue weighted by molar-refractivity contribution is 6.46. The highest BCUT2D eigenvalue weighted by Crippen LogP contribution is 2.37. The first kappa shape index (κ1) is 18.3. The van der Waals surface area contributed by atoms with Gasteiger partial charge in [-0.25, -0.2) is 0 Å². The average Bonchev–Trinajstić information content (AvgIpc) is 3.10. The Morgan fingerprint density at radius 1 is 1.14 bits per heavy atom. The molecule has 2 aliphatic rings. The normalized spacial score (nSPS) is 20.3. The second-order valence-electron chi connectivity index (χ2n) is 6.66. The molecule has 0 bridgehead atoms. The van der Waals surface area contributed by atoms with Gasteiger partial charge in [0.25, 0.3) is 0 Å². The van der Waals surface area contributed by atoms with Crippen LogP contribution < -0.4 is 9.47 Å². The molecule has 7 heteroatoms. The van der Waals surface area contributed by atoms with Crippen LogP contribution in [-0.4, -0.2) is 23.9 Å². The van der Waals surface area contributed by atoms with Crippen molar-refractivity contribution in [3.63, 3.8) is 0 Å². The van der Waals surface area contributed by atoms with Gasteiger partial charge in [-0.3, -0.25) is 0 Å². The minimum absolute atomic E-state index is 0.0483. The molecule has 2 aromatic rings. The zero-order valence-electron chi connectivity index (χ0n) is 15.0. The van der Waals surface area contributed by atoms with Gasteiger partial charge in [0.2, 0.25) is 0 Å². The Bertz CT molecular complexity index is 964. The van der Waals surface area contributed by atoms with E-state index in [9.17, 15) is 10.1 Å². The van der Waals surface area contributed by atoms with E-state index in [1.807, 2.05) is 12.2 Å². The number of fused-ring (bicyclic) bond motifs is 1. The molecule has 4 rings (SSSR count). The van der Waals surface area contributed by atoms with Crippen molar-refractivity contribution < 1.29 is 24.3 Å². The number of aliphatic hydroxyl groups excluding tert-OH is 1. The van der Waals surface area contributed by atoms with E-state index < -0.39 is 7.12 Å². The molecule has 2 aromatic carbocycles. The summed E-state index contributed by atoms with van der Waals surface area (Å²) in [4.78, 5) is 0. The lowest BCUT2D eigenvalue weighted by molar-refractivity contribution is 0.273. The fourth-order valence-corrected chi connectivity index (χ4v) is 3.28. The van der Waals surface area contributed by atoms with Crippen molar-refractivity contribution in [3.05, 3.63) is 77.6 Å². The Balaban J connectivity index is 1.49. The molecule has 1 saturated heterocycles. The number of rotatable bonds is 5. The highest BCUT2D eigenvalue weighted by Gasteiger charge is 2.39. The first-order valence-corrected chi connectivity index (χ1v) is 8.95. The van der Waals surface area contributed by atoms with Crippen LogP contribution in [-0.2, 0) is 11.3 Å². The zero-order chi connectivity index (χ0) is 19.5. The van der Waals surface area contributed by atoms with Gasteiger partial charge >= 0.3 is 7.12 Å². The minimum atomic E-state index is -0.772. The number of hydrogen-bond acceptors (Lipinski definition) is 6. The smallest absolute Gasteiger partial charge is 0.457 e. The van der Waals surface area contributed by atoms with Gasteiger partial charge in [0.15, 0.2) is 0 Å². The number of ether oxygens (including phenoxy) is 2. The predicted octanol–water partition coefficient (Wildman–Crippen LogP) is 3.17. The van der Waals surface area contributed by atoms with Crippen molar-refractivity contribution in [1.82, 2.24) is 0 Å². The Hall–Kier alpha value is -3.05. The van der Waals surface area contributed by atoms with Crippen molar-refractivity contribution >= 4 is 7.12 Å². The highest BCUT2D eigenvalue weighted by atomic mass is 16.5. The number of benzene rings is 2. The molecule has 0 saturated carbocycles. The summed E-state index contributed by atoms with van der Waals surface area (Å²) >= 11 is 0. The number of aliphatic hydroxyl groups is 1. The molecular weight excluding hydrogens is 357 g/mol. The summed E-state index contributed by atoms with van der Waals surface area (Å²) in [6.07, 6.45) is 5.63. The lowest BCUT2D eigenvalue weighted by atomic mass is 9.67. The summed E-state index contributed by atoms with van der Waals surface area (Å²) in [7, 11) is -0.772. The molecule has 1 aliphatic carbocycles. The van der Waals surface area contributed by atoms with Crippen LogP contribution >= 0.6 is 0 Å². The van der Waals surface area contributed by atoms with Crippen molar-refractivity contribution in [3.8, 4) is 23.3 Å². The fourth-order valence-electron chi connectivity index (χ4n) is 3.28. The van der Waals surface area contributed by atoms with Crippen LogP contribution in [0.3, 0.4) is 0 Å². The molecule has 1 aliphatic heterocycles. The van der Waals surface area contributed by atoms with Crippen LogP contribution in [0.4, 0.5) is 0 Å². The van der Waals surface area contributed by atoms with Crippen LogP contribution in [0.5, 0.6) is 17.2 Å². The molecule has 1 fully saturated rings. The van der Waals surface area contributed by atoms with Gasteiger partial charge in [0, 0.05) is 23.9 Å². The summed E-state index contributed by atoms with van der Waals surface area (Å²) in [5.41, 5.74) is 1.15. The predicted molar refractivity (Wildman–Crippen MR) is 103 cm³/mol. The SMILES string of the molecule is N#Cc1ccc(Oc2ccc(OC3=CC4COB(O)C4C=C3)c(CO)c2)cc1. The number of allylic oxidation sites excluding steroid dienone is 2. The zero-order valence-corrected chi connectivity index (χ0v) is 15.0. The summed E-state index contributed by atoms with van der Waals surface area (Å²) in [6, 6.07) is 14.1. The largest absolute Gasteiger partial charge is 0.462 e. The molecule has 2 unspecified atom stereocenters. The molecule has 140 valence electrons. The first-order valence-electron chi connectivity index (χ1n) is 8.95. The van der Waals surface area contributed by atoms with E-state index in [0.717, 1.165) is 0 Å². The fraction of sp³-hybridized carbons (Fsp3) is 0.190. The third-order valence-corrected chi connectivity index (χ3v) is 4.79. The molecule has 28 heavy (non-hydrogen) atoms. The first-order chi connectivity index (χ1) is 13.7. The Morgan fingerprint density at radius 2 is 1.93 bits per heavy atom. The Kier molecular flexibility index (Phi) is 5.17. The lowest BCUT2D eigenvalue weighted by Crippen LogP contribution is -2.19. The van der Waals surface area contributed by atoms with E-state index in [-0.39, 0.29) is 18.3 Å². The topological polar surface area (TPSA) is 91.9 Å². The quantitative estimate of drug-likeness (QED) is 0.780. The molecule has 0 amide bonds. The number of nitriles is 1. The van der Waals surface area contributed by atoms with Crippen LogP contribution in [0.1, 0.15) is 11.1 Å². The van der Waals surface area contributed by atoms with Gasteiger partial charge in [0.05, 0.1) is 18.2 Å². The lowest BCUT2D eigenvalue weighted by Gasteiger charge is -2.19. The third-order valence-electron chi connectivity index (χ3n) is 4.79. The molecule has 0 spiro atoms. The van der Waals surface area contributed by atoms with Crippen LogP contribution in [0, 0.1) is 17.2 Å². The maximum Gasteiger partial charge on any atom is 0.462 e. The maximum atomic E-state index is 9.76. The van der Waals surface area contributed by atoms with E-state index in [2.05, 4.69) is 6.07 Å². The molecule has 1 heterocycles. The molecule has 6 nitrogen and oxygen atoms in total. The van der Waals surface area contributed by atoms with Gasteiger partial charge in [-0.05, 0) is 54.6 Å². The van der Waals surface area contributed by atoms with Crippen LogP contribution in [0.2, 0.25) is 5.82 Å². The van der Waals surface area contributed by atoms with Crippen molar-refractivity contribution in [2.24, 2.45) is 5.92 Å². The molecular formula is C21H18BNO5. The summed E-state index contributed by atoms with van der Waals surface area (Å²) in [6.45, 7) is 0.248. The van der Waals surface area contributed by atoms with Crippen molar-refractivity contribution in [2.45, 2.75) is 12.4 Å². The maximum absolute atomic E-state index is 9.76. The van der Waals surface area contributed by atoms with Crippen LogP contribution in [0.25, 0.3) is 0 Å². The van der Waals surface area contributed by atoms with Crippen LogP contribution in [0.15, 0.2) is 66.5 Å². The molecule has 0 radical (unpaired) electrons. The number of nitrogens with zero attached hydrogens (tertiary/aromatic N) is 1. The van der Waals surface area contributed by atoms with E-state index in [0.29, 0.717) is 40.7 Å². The van der Waals surface area contributed by atoms with E-state index in [1.165, 1.54) is 0 Å². The average molecular weight is 375 g/mol. The van der Waals surface area contributed by atoms with Gasteiger partial charge in [0.1, 0.15) is 23.0 Å². The van der Waals surface area contributed by atoms with E-state index in [4.69, 9.17) is 19.4 Å². The number of hydrogen-bond donors (Lipinski definition) is 2. The third kappa shape index (κ3) is 3.80. The molecule has 2 N–H and O–H groups in total. The second kappa shape index (κ2) is 7.91. The summed E-state index contributed by atoms with van der Waals surface area (Å²) < 4.78 is 17.0. The minimum Gasteiger partial charge on any atom is -0.457 e. The van der Waals surface area contributed by atoms with Gasteiger partial charge in [-0.2, -0.15) is 5.26 Å². The van der Waals surface area contributed by atoms with Crippen molar-refractivity contribution in [1.29, 1.82) is 5.26 Å². The Morgan fingerprint density at radius 3 is 2.68 bits per heavy atom. The van der Waals surface area contributed by atoms with Gasteiger partial charge in [-0.1, -0.05) is 6.08 Å². The Labute approximate surface area is 163 Å². The monoisotopic (exact) mass is 375 g/mol. The van der Waals surface area contributed by atoms with E-state index >= 15 is 0 Å². The van der Waals surface area contributed by atoms with Gasteiger partial charge in [-0.15, -0.1) is 0 Å².